The summed E-state index contributed by atoms with van der Waals surface area (Å²) in [6, 6.07) is 5.03. The minimum absolute atomic E-state index is 0.000137. The second-order valence-electron chi connectivity index (χ2n) is 4.83. The van der Waals surface area contributed by atoms with Gasteiger partial charge in [0.25, 0.3) is 5.56 Å². The molecule has 0 unspecified atom stereocenters. The first kappa shape index (κ1) is 15.3. The first-order valence-corrected chi connectivity index (χ1v) is 6.76. The molecule has 21 heavy (non-hydrogen) atoms. The number of hydrogen-bond donors (Lipinski definition) is 2. The summed E-state index contributed by atoms with van der Waals surface area (Å²) < 4.78 is 6.42. The number of nitrogens with zero attached hydrogens (tertiary/aromatic N) is 2. The van der Waals surface area contributed by atoms with Gasteiger partial charge in [-0.05, 0) is 19.1 Å². The molecule has 0 saturated heterocycles. The third kappa shape index (κ3) is 4.17. The Labute approximate surface area is 121 Å². The van der Waals surface area contributed by atoms with Crippen molar-refractivity contribution in [3.63, 3.8) is 0 Å². The average Bonchev–Trinajstić information content (AvgIpc) is 2.90. The van der Waals surface area contributed by atoms with Gasteiger partial charge in [0, 0.05) is 31.4 Å². The van der Waals surface area contributed by atoms with Gasteiger partial charge in [0.05, 0.1) is 19.4 Å². The highest BCUT2D eigenvalue weighted by molar-refractivity contribution is 4.98. The minimum atomic E-state index is -0.415. The molecule has 0 bridgehead atoms. The summed E-state index contributed by atoms with van der Waals surface area (Å²) in [5.74, 6) is 0.772. The summed E-state index contributed by atoms with van der Waals surface area (Å²) in [7, 11) is 0. The maximum absolute atomic E-state index is 11.8. The molecule has 0 spiro atoms. The normalized spacial score (nSPS) is 11.2. The van der Waals surface area contributed by atoms with Gasteiger partial charge in [-0.1, -0.05) is 0 Å². The summed E-state index contributed by atoms with van der Waals surface area (Å²) in [6.45, 7) is 3.36. The van der Waals surface area contributed by atoms with Crippen LogP contribution < -0.4 is 11.2 Å². The molecule has 0 saturated carbocycles. The lowest BCUT2D eigenvalue weighted by atomic mass is 10.3. The van der Waals surface area contributed by atoms with Gasteiger partial charge in [-0.2, -0.15) is 0 Å². The molecule has 2 aromatic heterocycles. The molecule has 2 aromatic rings. The highest BCUT2D eigenvalue weighted by Gasteiger charge is 2.09. The number of aliphatic hydroxyl groups excluding tert-OH is 1. The van der Waals surface area contributed by atoms with E-state index in [-0.39, 0.29) is 18.7 Å². The maximum Gasteiger partial charge on any atom is 0.328 e. The number of aryl methyl sites for hydroxylation is 1. The zero-order chi connectivity index (χ0) is 15.2. The Balaban J connectivity index is 2.05. The van der Waals surface area contributed by atoms with Gasteiger partial charge in [0.2, 0.25) is 0 Å². The molecule has 114 valence electrons. The number of hydrogen-bond acceptors (Lipinski definition) is 5. The molecular formula is C14H19N3O4. The molecule has 0 amide bonds. The predicted octanol–water partition coefficient (Wildman–Crippen LogP) is -0.0675. The summed E-state index contributed by atoms with van der Waals surface area (Å²) in [6.07, 6.45) is 1.58. The summed E-state index contributed by atoms with van der Waals surface area (Å²) in [4.78, 5) is 28.1. The topological polar surface area (TPSA) is 91.5 Å². The van der Waals surface area contributed by atoms with Crippen LogP contribution in [0.1, 0.15) is 11.5 Å². The van der Waals surface area contributed by atoms with E-state index in [9.17, 15) is 9.59 Å². The van der Waals surface area contributed by atoms with E-state index in [1.807, 2.05) is 11.0 Å². The van der Waals surface area contributed by atoms with Crippen LogP contribution in [0, 0.1) is 6.92 Å². The lowest BCUT2D eigenvalue weighted by molar-refractivity contribution is 0.175. The second kappa shape index (κ2) is 7.05. The van der Waals surface area contributed by atoms with E-state index in [2.05, 4.69) is 4.98 Å². The Kier molecular flexibility index (Phi) is 5.13. The van der Waals surface area contributed by atoms with Crippen LogP contribution in [0.15, 0.2) is 38.5 Å². The van der Waals surface area contributed by atoms with Crippen LogP contribution in [0.2, 0.25) is 0 Å². The number of nitrogens with one attached hydrogen (secondary N) is 1. The van der Waals surface area contributed by atoms with Crippen LogP contribution >= 0.6 is 0 Å². The average molecular weight is 293 g/mol. The SMILES string of the molecule is Cc1cc(=O)n(CCN(CCO)Cc2ccco2)c(=O)[nH]1. The fraction of sp³-hybridized carbons (Fsp3) is 0.429. The monoisotopic (exact) mass is 293 g/mol. The number of rotatable bonds is 7. The Morgan fingerprint density at radius 1 is 1.38 bits per heavy atom. The molecule has 7 nitrogen and oxygen atoms in total. The van der Waals surface area contributed by atoms with Crippen LogP contribution in [0.3, 0.4) is 0 Å². The second-order valence-corrected chi connectivity index (χ2v) is 4.83. The maximum atomic E-state index is 11.8. The summed E-state index contributed by atoms with van der Waals surface area (Å²) in [5, 5.41) is 9.10. The first-order chi connectivity index (χ1) is 10.1. The van der Waals surface area contributed by atoms with E-state index in [1.165, 1.54) is 6.07 Å². The lowest BCUT2D eigenvalue weighted by Crippen LogP contribution is -2.39. The van der Waals surface area contributed by atoms with E-state index in [0.29, 0.717) is 25.3 Å². The summed E-state index contributed by atoms with van der Waals surface area (Å²) in [5.41, 5.74) is -0.191. The van der Waals surface area contributed by atoms with Gasteiger partial charge >= 0.3 is 5.69 Å². The van der Waals surface area contributed by atoms with Crippen molar-refractivity contribution >= 4 is 0 Å². The largest absolute Gasteiger partial charge is 0.468 e. The molecule has 0 radical (unpaired) electrons. The van der Waals surface area contributed by atoms with Gasteiger partial charge in [0.1, 0.15) is 5.76 Å². The smallest absolute Gasteiger partial charge is 0.328 e. The third-order valence-electron chi connectivity index (χ3n) is 3.17. The molecule has 0 aliphatic heterocycles. The van der Waals surface area contributed by atoms with E-state index >= 15 is 0 Å². The zero-order valence-corrected chi connectivity index (χ0v) is 11.9. The van der Waals surface area contributed by atoms with Crippen molar-refractivity contribution in [2.45, 2.75) is 20.0 Å². The van der Waals surface area contributed by atoms with E-state index in [0.717, 1.165) is 10.3 Å². The Morgan fingerprint density at radius 3 is 2.81 bits per heavy atom. The molecule has 0 aromatic carbocycles. The van der Waals surface area contributed by atoms with E-state index in [4.69, 9.17) is 9.52 Å². The van der Waals surface area contributed by atoms with Crippen molar-refractivity contribution in [3.05, 3.63) is 56.8 Å². The molecular weight excluding hydrogens is 274 g/mol. The van der Waals surface area contributed by atoms with Crippen LogP contribution in [0.4, 0.5) is 0 Å². The van der Waals surface area contributed by atoms with Crippen LogP contribution in [-0.4, -0.2) is 39.3 Å². The molecule has 0 atom stereocenters. The van der Waals surface area contributed by atoms with Crippen molar-refractivity contribution in [1.82, 2.24) is 14.5 Å². The number of H-pyrrole nitrogens is 1. The molecule has 0 fully saturated rings. The molecule has 7 heteroatoms. The standard InChI is InChI=1S/C14H19N3O4/c1-11-9-13(19)17(14(20)15-11)5-4-16(6-7-18)10-12-3-2-8-21-12/h2-3,8-9,18H,4-7,10H2,1H3,(H,15,20). The molecule has 2 heterocycles. The number of aromatic nitrogens is 2. The van der Waals surface area contributed by atoms with Crippen LogP contribution in [0.5, 0.6) is 0 Å². The van der Waals surface area contributed by atoms with Gasteiger partial charge in [-0.3, -0.25) is 14.3 Å². The highest BCUT2D eigenvalue weighted by Crippen LogP contribution is 2.04. The van der Waals surface area contributed by atoms with Gasteiger partial charge < -0.3 is 14.5 Å². The Hall–Kier alpha value is -2.12. The Morgan fingerprint density at radius 2 is 2.19 bits per heavy atom. The quantitative estimate of drug-likeness (QED) is 0.746. The van der Waals surface area contributed by atoms with Crippen LogP contribution in [-0.2, 0) is 13.1 Å². The predicted molar refractivity (Wildman–Crippen MR) is 77.1 cm³/mol. The minimum Gasteiger partial charge on any atom is -0.468 e. The van der Waals surface area contributed by atoms with E-state index in [1.54, 1.807) is 19.3 Å². The van der Waals surface area contributed by atoms with Crippen molar-refractivity contribution in [2.75, 3.05) is 19.7 Å². The molecule has 0 aliphatic rings. The fourth-order valence-electron chi connectivity index (χ4n) is 2.12. The fourth-order valence-corrected chi connectivity index (χ4v) is 2.12. The zero-order valence-electron chi connectivity index (χ0n) is 11.9. The molecule has 2 N–H and O–H groups in total. The molecule has 2 rings (SSSR count). The lowest BCUT2D eigenvalue weighted by Gasteiger charge is -2.20. The van der Waals surface area contributed by atoms with Crippen molar-refractivity contribution in [2.24, 2.45) is 0 Å². The van der Waals surface area contributed by atoms with Gasteiger partial charge in [-0.15, -0.1) is 0 Å². The van der Waals surface area contributed by atoms with Crippen molar-refractivity contribution in [3.8, 4) is 0 Å². The van der Waals surface area contributed by atoms with Crippen molar-refractivity contribution < 1.29 is 9.52 Å². The number of aliphatic hydroxyl groups is 1. The van der Waals surface area contributed by atoms with E-state index < -0.39 is 5.69 Å². The van der Waals surface area contributed by atoms with Crippen molar-refractivity contribution in [1.29, 1.82) is 0 Å². The number of furan rings is 1. The molecule has 0 aliphatic carbocycles. The summed E-state index contributed by atoms with van der Waals surface area (Å²) >= 11 is 0. The first-order valence-electron chi connectivity index (χ1n) is 6.76. The van der Waals surface area contributed by atoms with Crippen LogP contribution in [0.25, 0.3) is 0 Å². The van der Waals surface area contributed by atoms with Gasteiger partial charge in [0.15, 0.2) is 0 Å². The van der Waals surface area contributed by atoms with Gasteiger partial charge in [-0.25, -0.2) is 4.79 Å². The Bertz CT molecular complexity index is 641. The third-order valence-corrected chi connectivity index (χ3v) is 3.17. The highest BCUT2D eigenvalue weighted by atomic mass is 16.3. The number of aromatic amines is 1.